The van der Waals surface area contributed by atoms with E-state index < -0.39 is 22.0 Å². The number of aryl methyl sites for hydroxylation is 1. The number of benzene rings is 2. The summed E-state index contributed by atoms with van der Waals surface area (Å²) in [5.74, 6) is -0.0957. The van der Waals surface area contributed by atoms with Crippen LogP contribution >= 0.6 is 21.4 Å². The van der Waals surface area contributed by atoms with Crippen LogP contribution in [0.25, 0.3) is 0 Å². The zero-order chi connectivity index (χ0) is 24.3. The third-order valence-corrected chi connectivity index (χ3v) is 7.83. The highest BCUT2D eigenvalue weighted by Gasteiger charge is 2.31. The zero-order valence-corrected chi connectivity index (χ0v) is 21.2. The Kier molecular flexibility index (Phi) is 7.34. The van der Waals surface area contributed by atoms with Crippen molar-refractivity contribution in [2.45, 2.75) is 17.9 Å². The highest BCUT2D eigenvalue weighted by Crippen LogP contribution is 2.45. The van der Waals surface area contributed by atoms with Crippen LogP contribution in [-0.2, 0) is 4.79 Å². The average Bonchev–Trinajstić information content (AvgIpc) is 3.11. The van der Waals surface area contributed by atoms with Gasteiger partial charge < -0.3 is 20.1 Å². The Morgan fingerprint density at radius 2 is 1.70 bits per heavy atom. The Hall–Kier alpha value is -3.04. The van der Waals surface area contributed by atoms with Crippen molar-refractivity contribution in [1.82, 2.24) is 9.88 Å². The van der Waals surface area contributed by atoms with Crippen LogP contribution in [0.5, 0.6) is 10.9 Å². The van der Waals surface area contributed by atoms with Gasteiger partial charge in [-0.2, -0.15) is 0 Å². The van der Waals surface area contributed by atoms with E-state index >= 15 is 0 Å². The van der Waals surface area contributed by atoms with Gasteiger partial charge in [-0.3, -0.25) is 9.59 Å². The van der Waals surface area contributed by atoms with Crippen molar-refractivity contribution in [1.29, 1.82) is 0 Å². The topological polar surface area (TPSA) is 91.8 Å². The van der Waals surface area contributed by atoms with Crippen LogP contribution in [0, 0.1) is 6.92 Å². The minimum atomic E-state index is -0.903. The highest BCUT2D eigenvalue weighted by atomic mass is 32.3. The predicted octanol–water partition coefficient (Wildman–Crippen LogP) is 4.67. The average molecular weight is 488 g/mol. The number of hydrogen-bond donors (Lipinski definition) is 2. The van der Waals surface area contributed by atoms with Crippen molar-refractivity contribution in [3.05, 3.63) is 64.7 Å². The molecule has 0 bridgehead atoms. The molecule has 0 aliphatic rings. The largest absolute Gasteiger partial charge is 0.497 e. The third-order valence-electron chi connectivity index (χ3n) is 5.20. The molecule has 2 N–H and O–H groups in total. The van der Waals surface area contributed by atoms with Gasteiger partial charge in [-0.1, -0.05) is 23.5 Å². The molecule has 0 aliphatic heterocycles. The maximum Gasteiger partial charge on any atom is 0.271 e. The molecule has 3 aromatic rings. The minimum absolute atomic E-state index is 0.184. The molecular formula is C24H29N3O4S2. The number of thiazole rings is 1. The van der Waals surface area contributed by atoms with Gasteiger partial charge in [-0.25, -0.2) is 15.0 Å². The van der Waals surface area contributed by atoms with E-state index in [1.165, 1.54) is 9.80 Å². The SMILES string of the molecule is COc1ccc(C(C(=O)Nc2ccc(S(C)(C)C)cc2)N(C)C(=O)c2sc(O)nc2C)cc1. The van der Waals surface area contributed by atoms with E-state index in [1.54, 1.807) is 45.3 Å². The number of methoxy groups -OCH3 is 1. The van der Waals surface area contributed by atoms with Gasteiger partial charge in [0, 0.05) is 12.7 Å². The van der Waals surface area contributed by atoms with Crippen LogP contribution in [0.3, 0.4) is 0 Å². The van der Waals surface area contributed by atoms with E-state index in [0.717, 1.165) is 11.3 Å². The maximum atomic E-state index is 13.4. The number of hydrogen-bond acceptors (Lipinski definition) is 6. The zero-order valence-electron chi connectivity index (χ0n) is 19.6. The van der Waals surface area contributed by atoms with Crippen LogP contribution in [0.4, 0.5) is 5.69 Å². The quantitative estimate of drug-likeness (QED) is 0.505. The maximum absolute atomic E-state index is 13.4. The summed E-state index contributed by atoms with van der Waals surface area (Å²) in [6.45, 7) is 1.65. The number of aromatic nitrogens is 1. The summed E-state index contributed by atoms with van der Waals surface area (Å²) >= 11 is 0.893. The molecule has 0 radical (unpaired) electrons. The molecule has 7 nitrogen and oxygen atoms in total. The standard InChI is InChI=1S/C24H29N3O4S2/c1-15-21(32-24(30)25-15)23(29)27(2)20(16-7-11-18(31-3)12-8-16)22(28)26-17-9-13-19(14-10-17)33(4,5)6/h7-14,20H,1-6H3,(H,25,30)(H,26,28). The number of aromatic hydroxyl groups is 1. The Balaban J connectivity index is 1.93. The molecule has 1 heterocycles. The number of amides is 2. The monoisotopic (exact) mass is 487 g/mol. The summed E-state index contributed by atoms with van der Waals surface area (Å²) in [6.07, 6.45) is 6.63. The molecule has 0 spiro atoms. The highest BCUT2D eigenvalue weighted by molar-refractivity contribution is 8.32. The first-order chi connectivity index (χ1) is 15.5. The molecule has 1 unspecified atom stereocenters. The van der Waals surface area contributed by atoms with Gasteiger partial charge >= 0.3 is 0 Å². The summed E-state index contributed by atoms with van der Waals surface area (Å²) in [5.41, 5.74) is 1.70. The number of nitrogens with zero attached hydrogens (tertiary/aromatic N) is 2. The molecule has 1 aromatic heterocycles. The fourth-order valence-corrected chi connectivity index (χ4v) is 5.09. The minimum Gasteiger partial charge on any atom is -0.497 e. The summed E-state index contributed by atoms with van der Waals surface area (Å²) in [7, 11) is 2.26. The Bertz CT molecular complexity index is 1140. The summed E-state index contributed by atoms with van der Waals surface area (Å²) in [5, 5.41) is 12.5. The van der Waals surface area contributed by atoms with E-state index in [0.29, 0.717) is 27.6 Å². The smallest absolute Gasteiger partial charge is 0.271 e. The van der Waals surface area contributed by atoms with E-state index in [2.05, 4.69) is 29.1 Å². The number of rotatable bonds is 7. The molecule has 9 heteroatoms. The molecule has 0 saturated heterocycles. The molecule has 1 atom stereocenters. The molecule has 0 fully saturated rings. The van der Waals surface area contributed by atoms with Crippen LogP contribution in [0.2, 0.25) is 0 Å². The lowest BCUT2D eigenvalue weighted by Crippen LogP contribution is -2.38. The van der Waals surface area contributed by atoms with Crippen molar-refractivity contribution < 1.29 is 19.4 Å². The van der Waals surface area contributed by atoms with Crippen LogP contribution in [-0.4, -0.2) is 59.7 Å². The summed E-state index contributed by atoms with van der Waals surface area (Å²) in [6, 6.07) is 13.9. The van der Waals surface area contributed by atoms with E-state index in [4.69, 9.17) is 4.74 Å². The predicted molar refractivity (Wildman–Crippen MR) is 135 cm³/mol. The van der Waals surface area contributed by atoms with Gasteiger partial charge in [0.2, 0.25) is 0 Å². The Labute approximate surface area is 199 Å². The van der Waals surface area contributed by atoms with Crippen molar-refractivity contribution in [3.63, 3.8) is 0 Å². The summed E-state index contributed by atoms with van der Waals surface area (Å²) < 4.78 is 5.23. The first-order valence-corrected chi connectivity index (χ1v) is 13.9. The van der Waals surface area contributed by atoms with Crippen LogP contribution < -0.4 is 10.1 Å². The molecule has 2 aromatic carbocycles. The van der Waals surface area contributed by atoms with Crippen molar-refractivity contribution in [2.75, 3.05) is 38.2 Å². The number of anilines is 1. The molecule has 176 valence electrons. The molecular weight excluding hydrogens is 458 g/mol. The lowest BCUT2D eigenvalue weighted by atomic mass is 10.0. The van der Waals surface area contributed by atoms with Gasteiger partial charge in [-0.15, -0.1) is 0 Å². The first kappa shape index (κ1) is 24.6. The van der Waals surface area contributed by atoms with Gasteiger partial charge in [-0.05, 0) is 72.5 Å². The molecule has 2 amide bonds. The number of carbonyl (C=O) groups excluding carboxylic acids is 2. The number of ether oxygens (including phenoxy) is 1. The Morgan fingerprint density at radius 1 is 1.09 bits per heavy atom. The molecule has 0 aliphatic carbocycles. The van der Waals surface area contributed by atoms with E-state index in [1.807, 2.05) is 24.3 Å². The second-order valence-corrected chi connectivity index (χ2v) is 13.5. The molecule has 33 heavy (non-hydrogen) atoms. The number of likely N-dealkylation sites (N-methyl/N-ethyl adjacent to an activating group) is 1. The fourth-order valence-electron chi connectivity index (χ4n) is 3.35. The molecule has 3 rings (SSSR count). The first-order valence-electron chi connectivity index (χ1n) is 10.2. The number of nitrogens with one attached hydrogen (secondary N) is 1. The van der Waals surface area contributed by atoms with Crippen LogP contribution in [0.1, 0.15) is 27.0 Å². The van der Waals surface area contributed by atoms with Gasteiger partial charge in [0.25, 0.3) is 17.0 Å². The van der Waals surface area contributed by atoms with Gasteiger partial charge in [0.05, 0.1) is 12.8 Å². The van der Waals surface area contributed by atoms with Crippen molar-refractivity contribution >= 4 is 38.9 Å². The normalized spacial score (nSPS) is 12.7. The fraction of sp³-hybridized carbons (Fsp3) is 0.292. The van der Waals surface area contributed by atoms with E-state index in [-0.39, 0.29) is 11.1 Å². The van der Waals surface area contributed by atoms with Crippen molar-refractivity contribution in [3.8, 4) is 10.9 Å². The van der Waals surface area contributed by atoms with E-state index in [9.17, 15) is 14.7 Å². The van der Waals surface area contributed by atoms with Gasteiger partial charge in [0.15, 0.2) is 0 Å². The number of carbonyl (C=O) groups is 2. The third kappa shape index (κ3) is 5.66. The van der Waals surface area contributed by atoms with Crippen LogP contribution in [0.15, 0.2) is 53.4 Å². The summed E-state index contributed by atoms with van der Waals surface area (Å²) in [4.78, 5) is 33.4. The van der Waals surface area contributed by atoms with Crippen molar-refractivity contribution in [2.24, 2.45) is 0 Å². The second-order valence-electron chi connectivity index (χ2n) is 8.35. The lowest BCUT2D eigenvalue weighted by molar-refractivity contribution is -0.120. The van der Waals surface area contributed by atoms with Gasteiger partial charge in [0.1, 0.15) is 16.7 Å². The molecule has 0 saturated carbocycles. The Morgan fingerprint density at radius 3 is 2.18 bits per heavy atom. The lowest BCUT2D eigenvalue weighted by Gasteiger charge is -2.28. The second kappa shape index (κ2) is 9.84.